The predicted molar refractivity (Wildman–Crippen MR) is 269 cm³/mol. The molecule has 0 aliphatic rings. The van der Waals surface area contributed by atoms with Gasteiger partial charge in [0.25, 0.3) is 0 Å². The van der Waals surface area contributed by atoms with E-state index >= 15 is 0 Å². The van der Waals surface area contributed by atoms with Crippen molar-refractivity contribution in [3.8, 4) is 0 Å². The van der Waals surface area contributed by atoms with Crippen LogP contribution in [0.2, 0.25) is 0 Å². The van der Waals surface area contributed by atoms with Gasteiger partial charge in [0.15, 0.2) is 0 Å². The van der Waals surface area contributed by atoms with Crippen molar-refractivity contribution in [2.24, 2.45) is 0 Å². The third-order valence-electron chi connectivity index (χ3n) is 13.4. The van der Waals surface area contributed by atoms with Crippen molar-refractivity contribution in [3.63, 3.8) is 0 Å². The summed E-state index contributed by atoms with van der Waals surface area (Å²) in [6, 6.07) is -0.692. The molecule has 0 bridgehead atoms. The first kappa shape index (κ1) is 60.9. The highest BCUT2D eigenvalue weighted by molar-refractivity contribution is 5.77. The molecular formula is C56H111NO5. The second-order valence-corrected chi connectivity index (χ2v) is 19.7. The van der Waals surface area contributed by atoms with Crippen LogP contribution in [0.15, 0.2) is 0 Å². The molecule has 0 saturated heterocycles. The highest BCUT2D eigenvalue weighted by Crippen LogP contribution is 2.19. The molecule has 0 radical (unpaired) electrons. The van der Waals surface area contributed by atoms with Gasteiger partial charge in [0.05, 0.1) is 25.2 Å². The lowest BCUT2D eigenvalue weighted by Gasteiger charge is -2.24. The number of hydrogen-bond donors (Lipinski definition) is 3. The minimum Gasteiger partial charge on any atom is -0.462 e. The molecule has 1 amide bonds. The van der Waals surface area contributed by atoms with E-state index < -0.39 is 18.2 Å². The molecule has 6 nitrogen and oxygen atoms in total. The fourth-order valence-electron chi connectivity index (χ4n) is 9.14. The molecule has 0 saturated carbocycles. The first-order valence-electron chi connectivity index (χ1n) is 28.3. The second-order valence-electron chi connectivity index (χ2n) is 19.7. The Morgan fingerprint density at radius 1 is 0.403 bits per heavy atom. The first-order chi connectivity index (χ1) is 30.5. The molecule has 0 aromatic rings. The second kappa shape index (κ2) is 50.9. The number of unbranched alkanes of at least 4 members (excludes halogenated alkanes) is 40. The molecule has 0 aliphatic heterocycles. The van der Waals surface area contributed by atoms with Gasteiger partial charge in [-0.05, 0) is 25.7 Å². The van der Waals surface area contributed by atoms with Gasteiger partial charge in [-0.25, -0.2) is 0 Å². The van der Waals surface area contributed by atoms with Crippen molar-refractivity contribution < 1.29 is 24.5 Å². The van der Waals surface area contributed by atoms with Crippen LogP contribution in [0.3, 0.4) is 0 Å². The Labute approximate surface area is 387 Å². The molecule has 0 heterocycles. The number of carbonyl (C=O) groups is 2. The zero-order valence-electron chi connectivity index (χ0n) is 42.3. The summed E-state index contributed by atoms with van der Waals surface area (Å²) >= 11 is 0. The predicted octanol–water partition coefficient (Wildman–Crippen LogP) is 17.1. The Morgan fingerprint density at radius 3 is 0.984 bits per heavy atom. The molecule has 3 unspecified atom stereocenters. The van der Waals surface area contributed by atoms with E-state index in [0.29, 0.717) is 19.3 Å². The minimum absolute atomic E-state index is 0.0885. The lowest BCUT2D eigenvalue weighted by Crippen LogP contribution is -2.46. The smallest absolute Gasteiger partial charge is 0.306 e. The molecule has 3 N–H and O–H groups in total. The zero-order valence-corrected chi connectivity index (χ0v) is 42.3. The van der Waals surface area contributed by atoms with Gasteiger partial charge >= 0.3 is 5.97 Å². The Hall–Kier alpha value is -1.14. The van der Waals surface area contributed by atoms with Gasteiger partial charge in [0, 0.05) is 6.42 Å². The number of nitrogens with one attached hydrogen (secondary N) is 1. The molecule has 0 aromatic carbocycles. The molecule has 62 heavy (non-hydrogen) atoms. The maximum absolute atomic E-state index is 13.2. The molecule has 3 atom stereocenters. The molecule has 0 aliphatic carbocycles. The SMILES string of the molecule is CCCCCCCCCCCCCCCCCCCC(CC(=O)NC(CO)C(O)CCCCCCCCCCCCCCC)OC(=O)CCCCCCCCCCCCCCC. The summed E-state index contributed by atoms with van der Waals surface area (Å²) in [4.78, 5) is 26.2. The summed E-state index contributed by atoms with van der Waals surface area (Å²) < 4.78 is 5.96. The fraction of sp³-hybridized carbons (Fsp3) is 0.964. The molecule has 0 spiro atoms. The summed E-state index contributed by atoms with van der Waals surface area (Å²) in [5, 5.41) is 23.8. The minimum atomic E-state index is -0.779. The van der Waals surface area contributed by atoms with Crippen LogP contribution in [0.5, 0.6) is 0 Å². The van der Waals surface area contributed by atoms with E-state index in [0.717, 1.165) is 38.5 Å². The fourth-order valence-corrected chi connectivity index (χ4v) is 9.14. The van der Waals surface area contributed by atoms with Crippen LogP contribution in [0.25, 0.3) is 0 Å². The summed E-state index contributed by atoms with van der Waals surface area (Å²) in [6.45, 7) is 6.53. The highest BCUT2D eigenvalue weighted by Gasteiger charge is 2.24. The normalized spacial score (nSPS) is 13.0. The van der Waals surface area contributed by atoms with Crippen molar-refractivity contribution in [1.29, 1.82) is 0 Å². The number of rotatable bonds is 52. The van der Waals surface area contributed by atoms with E-state index in [1.807, 2.05) is 0 Å². The standard InChI is InChI=1S/C56H111NO5/c1-4-7-10-13-16-19-22-25-26-27-28-31-32-35-38-41-44-47-52(62-56(61)49-46-43-40-37-34-30-24-21-18-15-12-9-6-3)50-55(60)57-53(51-58)54(59)48-45-42-39-36-33-29-23-20-17-14-11-8-5-2/h52-54,58-59H,4-51H2,1-3H3,(H,57,60). The van der Waals surface area contributed by atoms with Gasteiger partial charge in [-0.1, -0.05) is 284 Å². The number of aliphatic hydroxyl groups is 2. The monoisotopic (exact) mass is 878 g/mol. The molecule has 0 rings (SSSR count). The van der Waals surface area contributed by atoms with E-state index in [1.54, 1.807) is 0 Å². The average Bonchev–Trinajstić information content (AvgIpc) is 3.26. The average molecular weight is 879 g/mol. The van der Waals surface area contributed by atoms with Crippen LogP contribution in [0.4, 0.5) is 0 Å². The zero-order chi connectivity index (χ0) is 45.2. The van der Waals surface area contributed by atoms with Crippen LogP contribution in [0, 0.1) is 0 Å². The van der Waals surface area contributed by atoms with Crippen molar-refractivity contribution in [2.75, 3.05) is 6.61 Å². The van der Waals surface area contributed by atoms with E-state index in [1.165, 1.54) is 238 Å². The first-order valence-corrected chi connectivity index (χ1v) is 28.3. The number of carbonyl (C=O) groups excluding carboxylic acids is 2. The number of aliphatic hydroxyl groups excluding tert-OH is 2. The van der Waals surface area contributed by atoms with Crippen LogP contribution in [-0.2, 0) is 14.3 Å². The highest BCUT2D eigenvalue weighted by atomic mass is 16.5. The Morgan fingerprint density at radius 2 is 0.677 bits per heavy atom. The Balaban J connectivity index is 4.50. The molecule has 6 heteroatoms. The number of hydrogen-bond acceptors (Lipinski definition) is 5. The Kier molecular flexibility index (Phi) is 49.9. The third kappa shape index (κ3) is 45.4. The van der Waals surface area contributed by atoms with Gasteiger partial charge in [-0.3, -0.25) is 9.59 Å². The maximum atomic E-state index is 13.2. The van der Waals surface area contributed by atoms with Crippen molar-refractivity contribution >= 4 is 11.9 Å². The number of esters is 1. The van der Waals surface area contributed by atoms with Crippen LogP contribution >= 0.6 is 0 Å². The maximum Gasteiger partial charge on any atom is 0.306 e. The van der Waals surface area contributed by atoms with E-state index in [9.17, 15) is 19.8 Å². The van der Waals surface area contributed by atoms with E-state index in [4.69, 9.17) is 4.74 Å². The lowest BCUT2D eigenvalue weighted by atomic mass is 10.0. The van der Waals surface area contributed by atoms with Gasteiger partial charge in [0.2, 0.25) is 5.91 Å². The van der Waals surface area contributed by atoms with Crippen LogP contribution in [-0.4, -0.2) is 46.9 Å². The van der Waals surface area contributed by atoms with Gasteiger partial charge in [0.1, 0.15) is 6.10 Å². The van der Waals surface area contributed by atoms with Gasteiger partial charge in [-0.2, -0.15) is 0 Å². The molecule has 370 valence electrons. The lowest BCUT2D eigenvalue weighted by molar-refractivity contribution is -0.151. The Bertz CT molecular complexity index is 898. The largest absolute Gasteiger partial charge is 0.462 e. The topological polar surface area (TPSA) is 95.9 Å². The van der Waals surface area contributed by atoms with Gasteiger partial charge < -0.3 is 20.3 Å². The van der Waals surface area contributed by atoms with E-state index in [-0.39, 0.29) is 24.9 Å². The number of amides is 1. The quantitative estimate of drug-likeness (QED) is 0.0418. The molecule has 0 aromatic heterocycles. The van der Waals surface area contributed by atoms with Crippen molar-refractivity contribution in [1.82, 2.24) is 5.32 Å². The summed E-state index contributed by atoms with van der Waals surface area (Å²) in [6.07, 6.45) is 55.9. The molecular weight excluding hydrogens is 767 g/mol. The number of ether oxygens (including phenoxy) is 1. The molecule has 0 fully saturated rings. The summed E-state index contributed by atoms with van der Waals surface area (Å²) in [7, 11) is 0. The summed E-state index contributed by atoms with van der Waals surface area (Å²) in [5.41, 5.74) is 0. The summed E-state index contributed by atoms with van der Waals surface area (Å²) in [5.74, 6) is -0.446. The van der Waals surface area contributed by atoms with E-state index in [2.05, 4.69) is 26.1 Å². The van der Waals surface area contributed by atoms with Crippen molar-refractivity contribution in [3.05, 3.63) is 0 Å². The van der Waals surface area contributed by atoms with Crippen molar-refractivity contribution in [2.45, 2.75) is 341 Å². The van der Waals surface area contributed by atoms with Gasteiger partial charge in [-0.15, -0.1) is 0 Å². The third-order valence-corrected chi connectivity index (χ3v) is 13.4. The van der Waals surface area contributed by atoms with Crippen LogP contribution in [0.1, 0.15) is 323 Å². The van der Waals surface area contributed by atoms with Crippen LogP contribution < -0.4 is 5.32 Å².